The van der Waals surface area contributed by atoms with Crippen molar-refractivity contribution < 1.29 is 17.6 Å². The summed E-state index contributed by atoms with van der Waals surface area (Å²) >= 11 is 6.05. The topological polar surface area (TPSA) is 76.8 Å². The third-order valence-corrected chi connectivity index (χ3v) is 7.37. The molecule has 0 unspecified atom stereocenters. The lowest BCUT2D eigenvalue weighted by atomic mass is 10.1. The summed E-state index contributed by atoms with van der Waals surface area (Å²) in [5.41, 5.74) is 1.37. The summed E-state index contributed by atoms with van der Waals surface area (Å²) in [7, 11) is -3.59. The van der Waals surface area contributed by atoms with Crippen LogP contribution >= 0.6 is 11.6 Å². The highest BCUT2D eigenvalue weighted by molar-refractivity contribution is 7.89. The predicted molar refractivity (Wildman–Crippen MR) is 119 cm³/mol. The molecule has 0 atom stereocenters. The Morgan fingerprint density at radius 1 is 1.00 bits per heavy atom. The van der Waals surface area contributed by atoms with Crippen LogP contribution in [0.2, 0.25) is 5.02 Å². The van der Waals surface area contributed by atoms with Gasteiger partial charge in [0.15, 0.2) is 0 Å². The van der Waals surface area contributed by atoms with Crippen molar-refractivity contribution in [2.24, 2.45) is 0 Å². The van der Waals surface area contributed by atoms with E-state index in [1.54, 1.807) is 43.3 Å². The van der Waals surface area contributed by atoms with Gasteiger partial charge in [-0.2, -0.15) is 4.31 Å². The highest BCUT2D eigenvalue weighted by Gasteiger charge is 2.30. The molecule has 0 bridgehead atoms. The Labute approximate surface area is 186 Å². The Morgan fingerprint density at radius 2 is 1.71 bits per heavy atom. The van der Waals surface area contributed by atoms with Gasteiger partial charge in [-0.15, -0.1) is 0 Å². The summed E-state index contributed by atoms with van der Waals surface area (Å²) in [6.45, 7) is 2.38. The highest BCUT2D eigenvalue weighted by Crippen LogP contribution is 2.27. The molecular weight excluding hydrogens is 438 g/mol. The zero-order valence-electron chi connectivity index (χ0n) is 17.0. The van der Waals surface area contributed by atoms with Gasteiger partial charge in [0.05, 0.1) is 11.0 Å². The van der Waals surface area contributed by atoms with E-state index in [1.165, 1.54) is 10.4 Å². The van der Waals surface area contributed by atoms with E-state index in [1.807, 2.05) is 18.2 Å². The smallest absolute Gasteiger partial charge is 0.339 e. The fourth-order valence-corrected chi connectivity index (χ4v) is 5.32. The van der Waals surface area contributed by atoms with Crippen LogP contribution < -0.4 is 10.4 Å². The van der Waals surface area contributed by atoms with Crippen LogP contribution in [0.5, 0.6) is 5.75 Å². The minimum Gasteiger partial charge on any atom is -0.490 e. The molecule has 31 heavy (non-hydrogen) atoms. The average Bonchev–Trinajstić information content (AvgIpc) is 2.73. The van der Waals surface area contributed by atoms with Gasteiger partial charge in [-0.3, -0.25) is 0 Å². The van der Waals surface area contributed by atoms with Crippen LogP contribution in [0, 0.1) is 6.92 Å². The third-order valence-electron chi connectivity index (χ3n) is 5.22. The van der Waals surface area contributed by atoms with E-state index in [9.17, 15) is 13.2 Å². The van der Waals surface area contributed by atoms with E-state index in [0.29, 0.717) is 42.5 Å². The number of sulfonamides is 1. The van der Waals surface area contributed by atoms with Crippen molar-refractivity contribution in [3.8, 4) is 16.9 Å². The minimum absolute atomic E-state index is 0.155. The highest BCUT2D eigenvalue weighted by atomic mass is 35.5. The average molecular weight is 460 g/mol. The first-order chi connectivity index (χ1) is 14.8. The third kappa shape index (κ3) is 5.01. The van der Waals surface area contributed by atoms with E-state index in [4.69, 9.17) is 20.8 Å². The zero-order chi connectivity index (χ0) is 22.0. The van der Waals surface area contributed by atoms with Crippen LogP contribution in [-0.4, -0.2) is 31.9 Å². The van der Waals surface area contributed by atoms with Crippen LogP contribution in [-0.2, 0) is 10.0 Å². The molecule has 3 aromatic rings. The molecule has 6 nitrogen and oxygen atoms in total. The molecule has 0 N–H and O–H groups in total. The van der Waals surface area contributed by atoms with Crippen LogP contribution in [0.3, 0.4) is 0 Å². The monoisotopic (exact) mass is 459 g/mol. The van der Waals surface area contributed by atoms with Crippen LogP contribution in [0.4, 0.5) is 0 Å². The molecule has 0 saturated carbocycles. The Kier molecular flexibility index (Phi) is 6.18. The lowest BCUT2D eigenvalue weighted by Gasteiger charge is -2.31. The van der Waals surface area contributed by atoms with E-state index < -0.39 is 15.6 Å². The lowest BCUT2D eigenvalue weighted by molar-refractivity contribution is 0.134. The normalized spacial score (nSPS) is 15.7. The SMILES string of the molecule is Cc1cc(OC2CCN(S(=O)(=O)c3ccc(-c4cccc(Cl)c4)cc3)CC2)cc(=O)o1. The quantitative estimate of drug-likeness (QED) is 0.561. The second-order valence-corrected chi connectivity index (χ2v) is 9.85. The summed E-state index contributed by atoms with van der Waals surface area (Å²) in [6.07, 6.45) is 0.927. The van der Waals surface area contributed by atoms with Crippen molar-refractivity contribution in [1.29, 1.82) is 0 Å². The Morgan fingerprint density at radius 3 is 2.35 bits per heavy atom. The fraction of sp³-hybridized carbons (Fsp3) is 0.261. The maximum absolute atomic E-state index is 13.1. The number of hydrogen-bond donors (Lipinski definition) is 0. The molecule has 0 spiro atoms. The molecule has 8 heteroatoms. The van der Waals surface area contributed by atoms with Crippen LogP contribution in [0.1, 0.15) is 18.6 Å². The molecule has 1 saturated heterocycles. The van der Waals surface area contributed by atoms with Crippen molar-refractivity contribution in [3.63, 3.8) is 0 Å². The van der Waals surface area contributed by atoms with Gasteiger partial charge < -0.3 is 9.15 Å². The van der Waals surface area contributed by atoms with E-state index in [2.05, 4.69) is 0 Å². The molecule has 1 fully saturated rings. The van der Waals surface area contributed by atoms with Gasteiger partial charge >= 0.3 is 5.63 Å². The largest absolute Gasteiger partial charge is 0.490 e. The molecule has 0 radical (unpaired) electrons. The van der Waals surface area contributed by atoms with Crippen molar-refractivity contribution >= 4 is 21.6 Å². The molecule has 4 rings (SSSR count). The number of benzene rings is 2. The van der Waals surface area contributed by atoms with E-state index in [0.717, 1.165) is 11.1 Å². The lowest BCUT2D eigenvalue weighted by Crippen LogP contribution is -2.41. The van der Waals surface area contributed by atoms with Crippen LogP contribution in [0.25, 0.3) is 11.1 Å². The Bertz CT molecular complexity index is 1230. The summed E-state index contributed by atoms with van der Waals surface area (Å²) in [6, 6.07) is 17.2. The van der Waals surface area contributed by atoms with Gasteiger partial charge in [-0.05, 0) is 55.2 Å². The number of halogens is 1. The number of rotatable bonds is 5. The predicted octanol–water partition coefficient (Wildman–Crippen LogP) is 4.50. The first kappa shape index (κ1) is 21.6. The van der Waals surface area contributed by atoms with Crippen molar-refractivity contribution in [3.05, 3.63) is 81.9 Å². The molecule has 1 aromatic heterocycles. The molecule has 1 aliphatic rings. The Hall–Kier alpha value is -2.61. The zero-order valence-corrected chi connectivity index (χ0v) is 18.5. The molecule has 162 valence electrons. The maximum atomic E-state index is 13.1. The number of piperidine rings is 1. The molecule has 1 aliphatic heterocycles. The van der Waals surface area contributed by atoms with Crippen molar-refractivity contribution in [2.75, 3.05) is 13.1 Å². The molecule has 2 heterocycles. The Balaban J connectivity index is 1.42. The molecular formula is C23H22ClNO5S. The van der Waals surface area contributed by atoms with E-state index in [-0.39, 0.29) is 11.0 Å². The number of aryl methyl sites for hydroxylation is 1. The standard InChI is InChI=1S/C23H22ClNO5S/c1-16-13-21(15-23(26)29-16)30-20-9-11-25(12-10-20)31(27,28)22-7-5-17(6-8-22)18-3-2-4-19(24)14-18/h2-8,13-15,20H,9-12H2,1H3. The summed E-state index contributed by atoms with van der Waals surface area (Å²) in [5.74, 6) is 0.926. The summed E-state index contributed by atoms with van der Waals surface area (Å²) < 4.78 is 38.4. The van der Waals surface area contributed by atoms with E-state index >= 15 is 0 Å². The number of nitrogens with zero attached hydrogens (tertiary/aromatic N) is 1. The molecule has 0 aliphatic carbocycles. The molecule has 2 aromatic carbocycles. The van der Waals surface area contributed by atoms with Crippen molar-refractivity contribution in [1.82, 2.24) is 4.31 Å². The number of ether oxygens (including phenoxy) is 1. The van der Waals surface area contributed by atoms with Crippen LogP contribution in [0.15, 0.2) is 74.8 Å². The summed E-state index contributed by atoms with van der Waals surface area (Å²) in [4.78, 5) is 11.7. The summed E-state index contributed by atoms with van der Waals surface area (Å²) in [5, 5.41) is 0.630. The number of hydrogen-bond acceptors (Lipinski definition) is 5. The van der Waals surface area contributed by atoms with Gasteiger partial charge in [-0.25, -0.2) is 13.2 Å². The molecule has 0 amide bonds. The second-order valence-electron chi connectivity index (χ2n) is 7.48. The minimum atomic E-state index is -3.59. The van der Waals surface area contributed by atoms with Gasteiger partial charge in [-0.1, -0.05) is 35.9 Å². The first-order valence-corrected chi connectivity index (χ1v) is 11.8. The second kappa shape index (κ2) is 8.86. The van der Waals surface area contributed by atoms with Gasteiger partial charge in [0.2, 0.25) is 10.0 Å². The fourth-order valence-electron chi connectivity index (χ4n) is 3.66. The van der Waals surface area contributed by atoms with Gasteiger partial charge in [0, 0.05) is 24.2 Å². The van der Waals surface area contributed by atoms with Gasteiger partial charge in [0.25, 0.3) is 0 Å². The maximum Gasteiger partial charge on any atom is 0.339 e. The van der Waals surface area contributed by atoms with Gasteiger partial charge in [0.1, 0.15) is 17.6 Å². The van der Waals surface area contributed by atoms with Crippen molar-refractivity contribution in [2.45, 2.75) is 30.8 Å². The first-order valence-electron chi connectivity index (χ1n) is 9.96.